The van der Waals surface area contributed by atoms with Crippen molar-refractivity contribution in [1.82, 2.24) is 0 Å². The average Bonchev–Trinajstić information content (AvgIpc) is 2.52. The van der Waals surface area contributed by atoms with Crippen LogP contribution in [0.15, 0.2) is 12.1 Å². The largest absolute Gasteiger partial charge is 0.451 e. The van der Waals surface area contributed by atoms with Gasteiger partial charge in [0.05, 0.1) is 0 Å². The molecule has 0 saturated carbocycles. The highest BCUT2D eigenvalue weighted by Crippen LogP contribution is 2.41. The van der Waals surface area contributed by atoms with Crippen molar-refractivity contribution in [2.24, 2.45) is 0 Å². The van der Waals surface area contributed by atoms with Gasteiger partial charge >= 0.3 is 0 Å². The first-order chi connectivity index (χ1) is 6.72. The Bertz CT molecular complexity index is 373. The Balaban J connectivity index is 2.42. The summed E-state index contributed by atoms with van der Waals surface area (Å²) in [6.07, 6.45) is -0.282. The molecule has 1 aromatic carbocycles. The Morgan fingerprint density at radius 2 is 2.21 bits per heavy atom. The second-order valence-corrected chi connectivity index (χ2v) is 3.03. The quantitative estimate of drug-likeness (QED) is 0.671. The topological polar surface area (TPSA) is 44.8 Å². The van der Waals surface area contributed by atoms with Crippen LogP contribution in [0.4, 0.5) is 0 Å². The molecule has 2 rings (SSSR count). The number of carbonyl (C=O) groups is 1. The Hall–Kier alpha value is -1.71. The number of ether oxygens (including phenoxy) is 3. The Morgan fingerprint density at radius 1 is 1.43 bits per heavy atom. The summed E-state index contributed by atoms with van der Waals surface area (Å²) in [5.74, 6) is 1.83. The number of hydrogen-bond acceptors (Lipinski definition) is 4. The lowest BCUT2D eigenvalue weighted by molar-refractivity contribution is -0.120. The van der Waals surface area contributed by atoms with E-state index in [-0.39, 0.29) is 6.29 Å². The van der Waals surface area contributed by atoms with E-state index in [4.69, 9.17) is 14.2 Å². The summed E-state index contributed by atoms with van der Waals surface area (Å²) in [6, 6.07) is 3.41. The molecule has 0 bridgehead atoms. The van der Waals surface area contributed by atoms with Gasteiger partial charge in [-0.15, -0.1) is 0 Å². The first-order valence-electron chi connectivity index (χ1n) is 4.29. The van der Waals surface area contributed by atoms with Crippen molar-refractivity contribution in [3.63, 3.8) is 0 Å². The van der Waals surface area contributed by atoms with Gasteiger partial charge < -0.3 is 14.2 Å². The highest BCUT2D eigenvalue weighted by molar-refractivity contribution is 5.57. The Kier molecular flexibility index (Phi) is 2.04. The van der Waals surface area contributed by atoms with Gasteiger partial charge in [-0.25, -0.2) is 0 Å². The van der Waals surface area contributed by atoms with Crippen molar-refractivity contribution in [2.75, 3.05) is 0 Å². The van der Waals surface area contributed by atoms with Crippen LogP contribution in [0.2, 0.25) is 0 Å². The van der Waals surface area contributed by atoms with E-state index in [0.29, 0.717) is 23.7 Å². The van der Waals surface area contributed by atoms with Crippen LogP contribution in [-0.4, -0.2) is 12.8 Å². The summed E-state index contributed by atoms with van der Waals surface area (Å²) in [5.41, 5.74) is 0.777. The van der Waals surface area contributed by atoms with Gasteiger partial charge in [0.15, 0.2) is 11.5 Å². The number of carbonyl (C=O) groups excluding carboxylic acids is 1. The minimum absolute atomic E-state index is 0.282. The van der Waals surface area contributed by atoms with E-state index in [2.05, 4.69) is 0 Å². The van der Waals surface area contributed by atoms with E-state index in [9.17, 15) is 4.79 Å². The molecule has 4 heteroatoms. The molecular weight excluding hydrogens is 184 g/mol. The van der Waals surface area contributed by atoms with Crippen LogP contribution < -0.4 is 14.2 Å². The molecular formula is C10H10O4. The fourth-order valence-corrected chi connectivity index (χ4v) is 1.44. The number of rotatable bonds is 2. The number of hydrogen-bond donors (Lipinski definition) is 0. The Labute approximate surface area is 81.4 Å². The van der Waals surface area contributed by atoms with Gasteiger partial charge in [-0.05, 0) is 19.1 Å². The zero-order valence-corrected chi connectivity index (χ0v) is 7.94. The van der Waals surface area contributed by atoms with E-state index in [1.54, 1.807) is 19.1 Å². The van der Waals surface area contributed by atoms with E-state index in [1.807, 2.05) is 6.92 Å². The lowest BCUT2D eigenvalue weighted by atomic mass is 10.2. The molecule has 0 spiro atoms. The standard InChI is InChI=1S/C10H10O4/c1-6-8(12-5-11)3-4-9-10(6)14-7(2)13-9/h3-5,7H,1-2H3. The van der Waals surface area contributed by atoms with E-state index >= 15 is 0 Å². The van der Waals surface area contributed by atoms with E-state index in [1.165, 1.54) is 0 Å². The van der Waals surface area contributed by atoms with Crippen LogP contribution in [0.3, 0.4) is 0 Å². The smallest absolute Gasteiger partial charge is 0.298 e. The second-order valence-electron chi connectivity index (χ2n) is 3.03. The van der Waals surface area contributed by atoms with Gasteiger partial charge in [0.1, 0.15) is 5.75 Å². The van der Waals surface area contributed by atoms with Crippen molar-refractivity contribution < 1.29 is 19.0 Å². The maximum absolute atomic E-state index is 10.2. The molecule has 0 aromatic heterocycles. The van der Waals surface area contributed by atoms with Crippen LogP contribution in [0.25, 0.3) is 0 Å². The third kappa shape index (κ3) is 1.28. The summed E-state index contributed by atoms with van der Waals surface area (Å²) in [4.78, 5) is 10.2. The zero-order chi connectivity index (χ0) is 10.1. The third-order valence-corrected chi connectivity index (χ3v) is 2.07. The highest BCUT2D eigenvalue weighted by atomic mass is 16.7. The fraction of sp³-hybridized carbons (Fsp3) is 0.300. The van der Waals surface area contributed by atoms with Gasteiger partial charge in [0, 0.05) is 12.5 Å². The minimum atomic E-state index is -0.282. The molecule has 0 fully saturated rings. The molecule has 1 atom stereocenters. The van der Waals surface area contributed by atoms with Crippen molar-refractivity contribution >= 4 is 6.47 Å². The van der Waals surface area contributed by atoms with Crippen LogP contribution in [0, 0.1) is 6.92 Å². The van der Waals surface area contributed by atoms with Crippen LogP contribution >= 0.6 is 0 Å². The molecule has 1 heterocycles. The number of benzene rings is 1. The van der Waals surface area contributed by atoms with Crippen LogP contribution in [0.1, 0.15) is 12.5 Å². The summed E-state index contributed by atoms with van der Waals surface area (Å²) < 4.78 is 15.5. The average molecular weight is 194 g/mol. The first-order valence-corrected chi connectivity index (χ1v) is 4.29. The monoisotopic (exact) mass is 194 g/mol. The zero-order valence-electron chi connectivity index (χ0n) is 7.94. The first kappa shape index (κ1) is 8.87. The molecule has 1 aliphatic rings. The normalized spacial score (nSPS) is 18.0. The molecule has 14 heavy (non-hydrogen) atoms. The second kappa shape index (κ2) is 3.21. The van der Waals surface area contributed by atoms with Crippen LogP contribution in [0.5, 0.6) is 17.2 Å². The lowest BCUT2D eigenvalue weighted by Gasteiger charge is -2.05. The molecule has 0 saturated heterocycles. The molecule has 1 unspecified atom stereocenters. The molecule has 1 aromatic rings. The van der Waals surface area contributed by atoms with Gasteiger partial charge in [-0.2, -0.15) is 0 Å². The molecule has 0 aliphatic carbocycles. The summed E-state index contributed by atoms with van der Waals surface area (Å²) in [6.45, 7) is 4.02. The molecule has 0 N–H and O–H groups in total. The molecule has 1 aliphatic heterocycles. The predicted molar refractivity (Wildman–Crippen MR) is 48.6 cm³/mol. The molecule has 0 amide bonds. The number of fused-ring (bicyclic) bond motifs is 1. The highest BCUT2D eigenvalue weighted by Gasteiger charge is 2.23. The van der Waals surface area contributed by atoms with Crippen molar-refractivity contribution in [3.8, 4) is 17.2 Å². The molecule has 74 valence electrons. The molecule has 4 nitrogen and oxygen atoms in total. The van der Waals surface area contributed by atoms with E-state index in [0.717, 1.165) is 5.56 Å². The van der Waals surface area contributed by atoms with E-state index < -0.39 is 0 Å². The lowest BCUT2D eigenvalue weighted by Crippen LogP contribution is -2.11. The van der Waals surface area contributed by atoms with Gasteiger partial charge in [-0.3, -0.25) is 4.79 Å². The summed E-state index contributed by atoms with van der Waals surface area (Å²) in [5, 5.41) is 0. The van der Waals surface area contributed by atoms with Crippen molar-refractivity contribution in [2.45, 2.75) is 20.1 Å². The summed E-state index contributed by atoms with van der Waals surface area (Å²) >= 11 is 0. The fourth-order valence-electron chi connectivity index (χ4n) is 1.44. The maximum atomic E-state index is 10.2. The summed E-state index contributed by atoms with van der Waals surface area (Å²) in [7, 11) is 0. The minimum Gasteiger partial charge on any atom is -0.451 e. The predicted octanol–water partition coefficient (Wildman–Crippen LogP) is 1.65. The Morgan fingerprint density at radius 3 is 2.93 bits per heavy atom. The van der Waals surface area contributed by atoms with Crippen LogP contribution in [-0.2, 0) is 4.79 Å². The molecule has 0 radical (unpaired) electrons. The SMILES string of the molecule is Cc1c(OC=O)ccc2c1OC(C)O2. The van der Waals surface area contributed by atoms with Gasteiger partial charge in [0.2, 0.25) is 6.29 Å². The van der Waals surface area contributed by atoms with Gasteiger partial charge in [0.25, 0.3) is 6.47 Å². The van der Waals surface area contributed by atoms with Crippen molar-refractivity contribution in [3.05, 3.63) is 17.7 Å². The third-order valence-electron chi connectivity index (χ3n) is 2.07. The van der Waals surface area contributed by atoms with Gasteiger partial charge in [-0.1, -0.05) is 0 Å². The maximum Gasteiger partial charge on any atom is 0.298 e. The van der Waals surface area contributed by atoms with Crippen molar-refractivity contribution in [1.29, 1.82) is 0 Å².